The lowest BCUT2D eigenvalue weighted by molar-refractivity contribution is 0.103. The third-order valence-corrected chi connectivity index (χ3v) is 16.8. The smallest absolute Gasteiger partial charge is 0.193 e. The lowest BCUT2D eigenvalue weighted by Gasteiger charge is -2.28. The standard InChI is InChI=1S/C61H49FO4P/c1-42-40-48(28-38-57(42)65-51-32-22-45(23-33-51)59(63)44-20-30-50(62)31-21-44)61(3,4)49-29-39-58(43(2)41-49)66-52-34-24-46(25-35-52)60(64)47-26-36-56(37-27-47)67(53-14-8-5-9-15-53,54-16-10-6-11-17-54)55-18-12-7-13-19-55/h5-41H,1-4H3/q+1. The summed E-state index contributed by atoms with van der Waals surface area (Å²) in [4.78, 5) is 26.8. The fraction of sp³-hybridized carbons (Fsp3) is 0.0820. The molecule has 0 fully saturated rings. The van der Waals surface area contributed by atoms with Crippen molar-refractivity contribution < 1.29 is 23.5 Å². The molecule has 0 aliphatic carbocycles. The first-order chi connectivity index (χ1) is 32.5. The van der Waals surface area contributed by atoms with E-state index < -0.39 is 7.26 Å². The summed E-state index contributed by atoms with van der Waals surface area (Å²) in [5, 5.41) is 4.95. The molecule has 0 atom stereocenters. The molecule has 4 nitrogen and oxygen atoms in total. The van der Waals surface area contributed by atoms with Gasteiger partial charge in [0.25, 0.3) is 0 Å². The van der Waals surface area contributed by atoms with Gasteiger partial charge in [-0.25, -0.2) is 4.39 Å². The van der Waals surface area contributed by atoms with Crippen LogP contribution in [0.1, 0.15) is 67.9 Å². The summed E-state index contributed by atoms with van der Waals surface area (Å²) in [6, 6.07) is 72.7. The molecule has 9 aromatic carbocycles. The Morgan fingerprint density at radius 3 is 1.06 bits per heavy atom. The zero-order valence-electron chi connectivity index (χ0n) is 37.8. The lowest BCUT2D eigenvalue weighted by Crippen LogP contribution is -2.38. The lowest BCUT2D eigenvalue weighted by atomic mass is 9.77. The van der Waals surface area contributed by atoms with Gasteiger partial charge in [-0.1, -0.05) is 92.7 Å². The third kappa shape index (κ3) is 9.12. The number of hydrogen-bond donors (Lipinski definition) is 0. The Morgan fingerprint density at radius 2 is 0.716 bits per heavy atom. The Morgan fingerprint density at radius 1 is 0.403 bits per heavy atom. The Balaban J connectivity index is 0.874. The monoisotopic (exact) mass is 895 g/mol. The number of ether oxygens (including phenoxy) is 2. The molecular weight excluding hydrogens is 847 g/mol. The van der Waals surface area contributed by atoms with Crippen LogP contribution < -0.4 is 30.7 Å². The van der Waals surface area contributed by atoms with Crippen molar-refractivity contribution in [2.24, 2.45) is 0 Å². The van der Waals surface area contributed by atoms with Crippen molar-refractivity contribution in [2.45, 2.75) is 33.1 Å². The van der Waals surface area contributed by atoms with Crippen LogP contribution in [0.3, 0.4) is 0 Å². The van der Waals surface area contributed by atoms with E-state index in [0.29, 0.717) is 33.8 Å². The molecule has 328 valence electrons. The molecule has 0 heterocycles. The maximum absolute atomic E-state index is 13.9. The zero-order valence-corrected chi connectivity index (χ0v) is 38.7. The molecule has 0 N–H and O–H groups in total. The van der Waals surface area contributed by atoms with E-state index in [2.05, 4.69) is 141 Å². The number of carbonyl (C=O) groups is 2. The largest absolute Gasteiger partial charge is 0.457 e. The quantitative estimate of drug-likeness (QED) is 0.0806. The molecule has 0 spiro atoms. The van der Waals surface area contributed by atoms with E-state index in [-0.39, 0.29) is 22.8 Å². The van der Waals surface area contributed by atoms with Crippen LogP contribution in [-0.2, 0) is 5.41 Å². The molecule has 67 heavy (non-hydrogen) atoms. The van der Waals surface area contributed by atoms with E-state index in [4.69, 9.17) is 9.47 Å². The Labute approximate surface area is 392 Å². The second-order valence-electron chi connectivity index (χ2n) is 17.2. The van der Waals surface area contributed by atoms with Crippen LogP contribution in [0.5, 0.6) is 23.0 Å². The molecular formula is C61H49FO4P+. The summed E-state index contributed by atoms with van der Waals surface area (Å²) in [6.07, 6.45) is 0. The van der Waals surface area contributed by atoms with Gasteiger partial charge in [0.05, 0.1) is 0 Å². The van der Waals surface area contributed by atoms with Crippen LogP contribution >= 0.6 is 7.26 Å². The second-order valence-corrected chi connectivity index (χ2v) is 20.6. The molecule has 0 aliphatic rings. The second kappa shape index (κ2) is 19.0. The first kappa shape index (κ1) is 44.5. The van der Waals surface area contributed by atoms with Gasteiger partial charge in [-0.2, -0.15) is 0 Å². The van der Waals surface area contributed by atoms with Gasteiger partial charge in [-0.05, 0) is 182 Å². The fourth-order valence-corrected chi connectivity index (χ4v) is 12.9. The van der Waals surface area contributed by atoms with Crippen molar-refractivity contribution in [3.63, 3.8) is 0 Å². The summed E-state index contributed by atoms with van der Waals surface area (Å²) < 4.78 is 26.0. The predicted octanol–water partition coefficient (Wildman–Crippen LogP) is 13.4. The van der Waals surface area contributed by atoms with E-state index in [1.807, 2.05) is 62.4 Å². The Kier molecular flexibility index (Phi) is 12.6. The summed E-state index contributed by atoms with van der Waals surface area (Å²) >= 11 is 0. The van der Waals surface area contributed by atoms with Crippen LogP contribution in [0.25, 0.3) is 0 Å². The van der Waals surface area contributed by atoms with Crippen molar-refractivity contribution >= 4 is 40.0 Å². The SMILES string of the molecule is Cc1cc(C(C)(C)c2ccc(Oc3ccc(C(=O)c4ccc([P+](c5ccccc5)(c5ccccc5)c5ccccc5)cc4)cc3)c(C)c2)ccc1Oc1ccc(C(=O)c2ccc(F)cc2)cc1. The van der Waals surface area contributed by atoms with Gasteiger partial charge in [0, 0.05) is 27.7 Å². The van der Waals surface area contributed by atoms with Crippen LogP contribution in [0.4, 0.5) is 4.39 Å². The molecule has 0 bridgehead atoms. The minimum Gasteiger partial charge on any atom is -0.457 e. The number of halogens is 1. The highest BCUT2D eigenvalue weighted by molar-refractivity contribution is 8.01. The number of aryl methyl sites for hydroxylation is 2. The molecule has 0 aliphatic heterocycles. The predicted molar refractivity (Wildman–Crippen MR) is 272 cm³/mol. The summed E-state index contributed by atoms with van der Waals surface area (Å²) in [5.74, 6) is 2.10. The number of benzene rings is 9. The van der Waals surface area contributed by atoms with Crippen LogP contribution in [0, 0.1) is 19.7 Å². The van der Waals surface area contributed by atoms with Crippen molar-refractivity contribution in [1.29, 1.82) is 0 Å². The minimum atomic E-state index is -2.27. The average molecular weight is 896 g/mol. The van der Waals surface area contributed by atoms with Gasteiger partial charge in [-0.15, -0.1) is 0 Å². The van der Waals surface area contributed by atoms with E-state index in [9.17, 15) is 14.0 Å². The average Bonchev–Trinajstić information content (AvgIpc) is 3.37. The molecule has 0 amide bonds. The molecule has 6 heteroatoms. The van der Waals surface area contributed by atoms with Gasteiger partial charge in [-0.3, -0.25) is 9.59 Å². The maximum atomic E-state index is 13.9. The number of carbonyl (C=O) groups excluding carboxylic acids is 2. The molecule has 0 saturated heterocycles. The summed E-state index contributed by atoms with van der Waals surface area (Å²) in [7, 11) is -2.27. The van der Waals surface area contributed by atoms with Crippen molar-refractivity contribution in [1.82, 2.24) is 0 Å². The van der Waals surface area contributed by atoms with Gasteiger partial charge >= 0.3 is 0 Å². The molecule has 9 aromatic rings. The van der Waals surface area contributed by atoms with Gasteiger partial charge < -0.3 is 9.47 Å². The van der Waals surface area contributed by atoms with Crippen LogP contribution in [0.2, 0.25) is 0 Å². The Bertz CT molecular complexity index is 3070. The number of hydrogen-bond acceptors (Lipinski definition) is 4. The summed E-state index contributed by atoms with van der Waals surface area (Å²) in [5.41, 5.74) is 6.04. The Hall–Kier alpha value is -7.72. The van der Waals surface area contributed by atoms with Crippen LogP contribution in [0.15, 0.2) is 224 Å². The van der Waals surface area contributed by atoms with Crippen LogP contribution in [-0.4, -0.2) is 11.6 Å². The fourth-order valence-electron chi connectivity index (χ4n) is 8.69. The highest BCUT2D eigenvalue weighted by atomic mass is 31.2. The maximum Gasteiger partial charge on any atom is 0.193 e. The first-order valence-corrected chi connectivity index (χ1v) is 24.1. The van der Waals surface area contributed by atoms with Gasteiger partial charge in [0.2, 0.25) is 0 Å². The van der Waals surface area contributed by atoms with E-state index in [1.54, 1.807) is 24.3 Å². The van der Waals surface area contributed by atoms with E-state index in [1.165, 1.54) is 45.5 Å². The molecule has 0 radical (unpaired) electrons. The molecule has 0 aromatic heterocycles. The van der Waals surface area contributed by atoms with Crippen molar-refractivity contribution in [3.8, 4) is 23.0 Å². The molecule has 9 rings (SSSR count). The first-order valence-electron chi connectivity index (χ1n) is 22.3. The normalized spacial score (nSPS) is 11.5. The third-order valence-electron chi connectivity index (χ3n) is 12.5. The minimum absolute atomic E-state index is 0.0508. The number of rotatable bonds is 14. The van der Waals surface area contributed by atoms with Gasteiger partial charge in [0.15, 0.2) is 11.6 Å². The topological polar surface area (TPSA) is 52.6 Å². The van der Waals surface area contributed by atoms with E-state index >= 15 is 0 Å². The summed E-state index contributed by atoms with van der Waals surface area (Å²) in [6.45, 7) is 8.47. The van der Waals surface area contributed by atoms with E-state index in [0.717, 1.165) is 33.8 Å². The van der Waals surface area contributed by atoms with Gasteiger partial charge in [0.1, 0.15) is 57.3 Å². The van der Waals surface area contributed by atoms with Crippen molar-refractivity contribution in [2.75, 3.05) is 0 Å². The highest BCUT2D eigenvalue weighted by Gasteiger charge is 2.47. The molecule has 0 saturated carbocycles. The van der Waals surface area contributed by atoms with Crippen molar-refractivity contribution in [3.05, 3.63) is 275 Å². The zero-order chi connectivity index (χ0) is 46.5. The highest BCUT2D eigenvalue weighted by Crippen LogP contribution is 2.54. The molecule has 0 unspecified atom stereocenters. The number of ketones is 2.